The minimum absolute atomic E-state index is 0.278. The second-order valence-electron chi connectivity index (χ2n) is 5.35. The van der Waals surface area contributed by atoms with Crippen molar-refractivity contribution in [3.8, 4) is 0 Å². The number of aliphatic hydroxyl groups is 1. The van der Waals surface area contributed by atoms with Gasteiger partial charge < -0.3 is 14.8 Å². The van der Waals surface area contributed by atoms with E-state index in [1.807, 2.05) is 29.7 Å². The van der Waals surface area contributed by atoms with Crippen LogP contribution in [0.5, 0.6) is 0 Å². The van der Waals surface area contributed by atoms with Gasteiger partial charge in [0.05, 0.1) is 18.0 Å². The molecule has 1 unspecified atom stereocenters. The summed E-state index contributed by atoms with van der Waals surface area (Å²) in [7, 11) is 0. The molecule has 0 radical (unpaired) electrons. The number of imidazole rings is 1. The first-order valence-electron chi connectivity index (χ1n) is 7.21. The van der Waals surface area contributed by atoms with E-state index in [2.05, 4.69) is 10.3 Å². The molecule has 4 nitrogen and oxygen atoms in total. The third kappa shape index (κ3) is 3.00. The summed E-state index contributed by atoms with van der Waals surface area (Å²) in [6, 6.07) is 10.3. The summed E-state index contributed by atoms with van der Waals surface area (Å²) in [6.45, 7) is 2.86. The lowest BCUT2D eigenvalue weighted by Crippen LogP contribution is -2.22. The molecule has 1 atom stereocenters. The van der Waals surface area contributed by atoms with Crippen LogP contribution in [-0.4, -0.2) is 21.0 Å². The molecule has 0 amide bonds. The zero-order valence-electron chi connectivity index (χ0n) is 12.3. The summed E-state index contributed by atoms with van der Waals surface area (Å²) >= 11 is 0. The van der Waals surface area contributed by atoms with Gasteiger partial charge in [0.2, 0.25) is 0 Å². The van der Waals surface area contributed by atoms with E-state index in [4.69, 9.17) is 0 Å². The van der Waals surface area contributed by atoms with Crippen molar-refractivity contribution >= 4 is 5.65 Å². The fourth-order valence-electron chi connectivity index (χ4n) is 2.46. The molecule has 3 rings (SSSR count). The lowest BCUT2D eigenvalue weighted by molar-refractivity contribution is 0.169. The number of halogens is 1. The van der Waals surface area contributed by atoms with Gasteiger partial charge in [0.1, 0.15) is 11.5 Å². The highest BCUT2D eigenvalue weighted by Crippen LogP contribution is 2.16. The van der Waals surface area contributed by atoms with Gasteiger partial charge in [-0.2, -0.15) is 0 Å². The first-order valence-corrected chi connectivity index (χ1v) is 7.21. The van der Waals surface area contributed by atoms with E-state index in [0.717, 1.165) is 16.9 Å². The number of aromatic nitrogens is 2. The lowest BCUT2D eigenvalue weighted by atomic mass is 10.1. The number of aryl methyl sites for hydroxylation is 1. The van der Waals surface area contributed by atoms with Gasteiger partial charge in [-0.05, 0) is 24.6 Å². The van der Waals surface area contributed by atoms with Crippen LogP contribution < -0.4 is 5.32 Å². The molecule has 0 bridgehead atoms. The maximum Gasteiger partial charge on any atom is 0.136 e. The number of fused-ring (bicyclic) bond motifs is 1. The van der Waals surface area contributed by atoms with Crippen molar-refractivity contribution in [2.45, 2.75) is 19.6 Å². The largest absolute Gasteiger partial charge is 0.387 e. The third-order valence-corrected chi connectivity index (χ3v) is 3.64. The minimum atomic E-state index is -0.873. The highest BCUT2D eigenvalue weighted by atomic mass is 19.1. The summed E-state index contributed by atoms with van der Waals surface area (Å²) in [4.78, 5) is 4.33. The second kappa shape index (κ2) is 6.25. The number of hydrogen-bond donors (Lipinski definition) is 2. The van der Waals surface area contributed by atoms with E-state index in [1.54, 1.807) is 24.4 Å². The average molecular weight is 299 g/mol. The van der Waals surface area contributed by atoms with Crippen LogP contribution in [0.15, 0.2) is 48.8 Å². The fraction of sp³-hybridized carbons (Fsp3) is 0.235. The molecule has 0 spiro atoms. The SMILES string of the molecule is Cc1ccc2ncc(CNCC(O)c3ccccc3F)n2c1. The van der Waals surface area contributed by atoms with Crippen molar-refractivity contribution in [2.24, 2.45) is 0 Å². The van der Waals surface area contributed by atoms with Crippen molar-refractivity contribution in [1.82, 2.24) is 14.7 Å². The Morgan fingerprint density at radius 3 is 2.91 bits per heavy atom. The molecule has 3 aromatic rings. The van der Waals surface area contributed by atoms with Gasteiger partial charge in [-0.1, -0.05) is 24.3 Å². The van der Waals surface area contributed by atoms with Gasteiger partial charge in [-0.15, -0.1) is 0 Å². The van der Waals surface area contributed by atoms with Crippen LogP contribution in [0.2, 0.25) is 0 Å². The quantitative estimate of drug-likeness (QED) is 0.761. The average Bonchev–Trinajstić information content (AvgIpc) is 2.90. The molecule has 0 saturated carbocycles. The van der Waals surface area contributed by atoms with Gasteiger partial charge >= 0.3 is 0 Å². The summed E-state index contributed by atoms with van der Waals surface area (Å²) in [5.74, 6) is -0.387. The Kier molecular flexibility index (Phi) is 4.18. The first kappa shape index (κ1) is 14.7. The molecule has 0 saturated heterocycles. The molecule has 0 aliphatic heterocycles. The lowest BCUT2D eigenvalue weighted by Gasteiger charge is -2.13. The van der Waals surface area contributed by atoms with Crippen molar-refractivity contribution in [2.75, 3.05) is 6.54 Å². The number of rotatable bonds is 5. The number of hydrogen-bond acceptors (Lipinski definition) is 3. The van der Waals surface area contributed by atoms with E-state index < -0.39 is 6.10 Å². The minimum Gasteiger partial charge on any atom is -0.387 e. The molecule has 114 valence electrons. The normalized spacial score (nSPS) is 12.7. The van der Waals surface area contributed by atoms with Gasteiger partial charge in [-0.25, -0.2) is 9.37 Å². The summed E-state index contributed by atoms with van der Waals surface area (Å²) in [5.41, 5.74) is 3.35. The predicted octanol–water partition coefficient (Wildman–Crippen LogP) is 2.61. The number of pyridine rings is 1. The second-order valence-corrected chi connectivity index (χ2v) is 5.35. The standard InChI is InChI=1S/C17H18FN3O/c1-12-6-7-17-20-9-13(21(17)11-12)8-19-10-16(22)14-4-2-3-5-15(14)18/h2-7,9,11,16,19,22H,8,10H2,1H3. The molecule has 0 aliphatic rings. The van der Waals surface area contributed by atoms with E-state index in [-0.39, 0.29) is 12.4 Å². The molecule has 22 heavy (non-hydrogen) atoms. The zero-order chi connectivity index (χ0) is 15.5. The van der Waals surface area contributed by atoms with Crippen molar-refractivity contribution in [3.05, 3.63) is 71.4 Å². The number of nitrogens with zero attached hydrogens (tertiary/aromatic N) is 2. The Labute approximate surface area is 128 Å². The van der Waals surface area contributed by atoms with Crippen molar-refractivity contribution in [3.63, 3.8) is 0 Å². The molecule has 2 heterocycles. The molecular formula is C17H18FN3O. The first-order chi connectivity index (χ1) is 10.6. The molecule has 0 aliphatic carbocycles. The van der Waals surface area contributed by atoms with Crippen LogP contribution >= 0.6 is 0 Å². The summed E-state index contributed by atoms with van der Waals surface area (Å²) in [5, 5.41) is 13.2. The monoisotopic (exact) mass is 299 g/mol. The molecular weight excluding hydrogens is 281 g/mol. The van der Waals surface area contributed by atoms with Crippen molar-refractivity contribution < 1.29 is 9.50 Å². The molecule has 5 heteroatoms. The van der Waals surface area contributed by atoms with E-state index in [0.29, 0.717) is 12.1 Å². The Balaban J connectivity index is 1.65. The molecule has 2 N–H and O–H groups in total. The van der Waals surface area contributed by atoms with Crippen molar-refractivity contribution in [1.29, 1.82) is 0 Å². The Morgan fingerprint density at radius 2 is 2.09 bits per heavy atom. The Morgan fingerprint density at radius 1 is 1.27 bits per heavy atom. The number of aliphatic hydroxyl groups excluding tert-OH is 1. The van der Waals surface area contributed by atoms with Crippen LogP contribution in [0.3, 0.4) is 0 Å². The topological polar surface area (TPSA) is 49.6 Å². The molecule has 1 aromatic carbocycles. The zero-order valence-corrected chi connectivity index (χ0v) is 12.3. The molecule has 0 fully saturated rings. The van der Waals surface area contributed by atoms with Gasteiger partial charge in [0.15, 0.2) is 0 Å². The fourth-order valence-corrected chi connectivity index (χ4v) is 2.46. The van der Waals surface area contributed by atoms with Crippen LogP contribution in [-0.2, 0) is 6.54 Å². The summed E-state index contributed by atoms with van der Waals surface area (Å²) in [6.07, 6.45) is 2.95. The van der Waals surface area contributed by atoms with Gasteiger partial charge in [-0.3, -0.25) is 0 Å². The van der Waals surface area contributed by atoms with Crippen LogP contribution in [0, 0.1) is 12.7 Å². The molecule has 2 aromatic heterocycles. The van der Waals surface area contributed by atoms with E-state index in [1.165, 1.54) is 6.07 Å². The van der Waals surface area contributed by atoms with Crippen LogP contribution in [0.4, 0.5) is 4.39 Å². The number of benzene rings is 1. The Hall–Kier alpha value is -2.24. The Bertz CT molecular complexity index is 784. The van der Waals surface area contributed by atoms with Crippen LogP contribution in [0.25, 0.3) is 5.65 Å². The third-order valence-electron chi connectivity index (χ3n) is 3.64. The number of nitrogens with one attached hydrogen (secondary N) is 1. The van der Waals surface area contributed by atoms with Gasteiger partial charge in [0.25, 0.3) is 0 Å². The maximum absolute atomic E-state index is 13.6. The maximum atomic E-state index is 13.6. The van der Waals surface area contributed by atoms with Crippen LogP contribution in [0.1, 0.15) is 22.9 Å². The summed E-state index contributed by atoms with van der Waals surface area (Å²) < 4.78 is 15.6. The van der Waals surface area contributed by atoms with E-state index in [9.17, 15) is 9.50 Å². The van der Waals surface area contributed by atoms with E-state index >= 15 is 0 Å². The highest BCUT2D eigenvalue weighted by molar-refractivity contribution is 5.41. The van der Waals surface area contributed by atoms with Gasteiger partial charge in [0, 0.05) is 24.8 Å². The highest BCUT2D eigenvalue weighted by Gasteiger charge is 2.12. The predicted molar refractivity (Wildman–Crippen MR) is 83.0 cm³/mol. The smallest absolute Gasteiger partial charge is 0.136 e.